The van der Waals surface area contributed by atoms with Gasteiger partial charge in [-0.3, -0.25) is 14.8 Å². The number of hydrogen-bond acceptors (Lipinski definition) is 7. The molecule has 4 aromatic heterocycles. The zero-order valence-corrected chi connectivity index (χ0v) is 19.5. The molecule has 4 heterocycles. The third-order valence-electron chi connectivity index (χ3n) is 5.75. The molecule has 0 N–H and O–H groups in total. The van der Waals surface area contributed by atoms with Crippen molar-refractivity contribution in [2.45, 2.75) is 45.4 Å². The van der Waals surface area contributed by atoms with Crippen LogP contribution in [0.2, 0.25) is 0 Å². The molecule has 1 aliphatic carbocycles. The lowest BCUT2D eigenvalue weighted by Crippen LogP contribution is -2.06. The number of carbonyl (C=O) groups excluding carboxylic acids is 1. The molecule has 0 radical (unpaired) electrons. The van der Waals surface area contributed by atoms with Crippen LogP contribution in [-0.2, 0) is 19.3 Å². The molecule has 0 spiro atoms. The summed E-state index contributed by atoms with van der Waals surface area (Å²) in [4.78, 5) is 23.7. The maximum Gasteiger partial charge on any atom is 0.190 e. The lowest BCUT2D eigenvalue weighted by molar-refractivity contribution is 0.0982. The number of fused-ring (bicyclic) bond motifs is 3. The van der Waals surface area contributed by atoms with Crippen LogP contribution < -0.4 is 4.74 Å². The minimum atomic E-state index is 0.211. The first kappa shape index (κ1) is 21.0. The summed E-state index contributed by atoms with van der Waals surface area (Å²) in [5, 5.41) is 0.778. The second-order valence-corrected chi connectivity index (χ2v) is 9.72. The molecule has 7 heteroatoms. The van der Waals surface area contributed by atoms with E-state index in [1.807, 2.05) is 37.5 Å². The molecule has 1 aliphatic rings. The highest BCUT2D eigenvalue weighted by atomic mass is 32.1. The maximum absolute atomic E-state index is 13.2. The van der Waals surface area contributed by atoms with Gasteiger partial charge in [-0.2, -0.15) is 0 Å². The Bertz CT molecular complexity index is 1250. The molecule has 0 unspecified atom stereocenters. The largest absolute Gasteiger partial charge is 0.444 e. The smallest absolute Gasteiger partial charge is 0.190 e. The first-order chi connectivity index (χ1) is 15.7. The van der Waals surface area contributed by atoms with E-state index in [1.54, 1.807) is 12.4 Å². The Morgan fingerprint density at radius 2 is 2.03 bits per heavy atom. The van der Waals surface area contributed by atoms with E-state index in [4.69, 9.17) is 4.74 Å². The number of thiophene rings is 1. The van der Waals surface area contributed by atoms with E-state index < -0.39 is 0 Å². The van der Waals surface area contributed by atoms with E-state index in [2.05, 4.69) is 20.4 Å². The fourth-order valence-corrected chi connectivity index (χ4v) is 6.18. The summed E-state index contributed by atoms with van der Waals surface area (Å²) >= 11 is 2.96. The van der Waals surface area contributed by atoms with Gasteiger partial charge in [-0.25, -0.2) is 4.37 Å². The zero-order chi connectivity index (χ0) is 21.9. The number of pyridine rings is 2. The molecule has 0 aromatic carbocycles. The first-order valence-electron chi connectivity index (χ1n) is 10.8. The average molecular weight is 462 g/mol. The molecule has 0 fully saturated rings. The van der Waals surface area contributed by atoms with E-state index in [1.165, 1.54) is 34.0 Å². The lowest BCUT2D eigenvalue weighted by Gasteiger charge is -2.14. The van der Waals surface area contributed by atoms with E-state index in [-0.39, 0.29) is 5.78 Å². The molecule has 162 valence electrons. The second-order valence-electron chi connectivity index (χ2n) is 7.93. The summed E-state index contributed by atoms with van der Waals surface area (Å²) in [6.07, 6.45) is 12.5. The number of ether oxygens (including phenoxy) is 1. The number of unbranched alkanes of at least 4 members (excludes halogenated alkanes) is 1. The van der Waals surface area contributed by atoms with Gasteiger partial charge >= 0.3 is 0 Å². The lowest BCUT2D eigenvalue weighted by atomic mass is 9.92. The van der Waals surface area contributed by atoms with Gasteiger partial charge in [-0.05, 0) is 85.4 Å². The van der Waals surface area contributed by atoms with Crippen LogP contribution in [0.15, 0.2) is 49.1 Å². The fourth-order valence-electron chi connectivity index (χ4n) is 4.06. The third-order valence-corrected chi connectivity index (χ3v) is 7.76. The molecule has 5 nitrogen and oxygen atoms in total. The van der Waals surface area contributed by atoms with Gasteiger partial charge in [0.15, 0.2) is 10.8 Å². The summed E-state index contributed by atoms with van der Waals surface area (Å²) in [5.74, 6) is 0.937. The van der Waals surface area contributed by atoms with Gasteiger partial charge < -0.3 is 4.74 Å². The number of hydrogen-bond donors (Lipinski definition) is 0. The quantitative estimate of drug-likeness (QED) is 0.223. The molecule has 0 saturated carbocycles. The molecule has 32 heavy (non-hydrogen) atoms. The van der Waals surface area contributed by atoms with E-state index in [9.17, 15) is 4.79 Å². The molecule has 0 bridgehead atoms. The Labute approximate surface area is 195 Å². The summed E-state index contributed by atoms with van der Waals surface area (Å²) in [6, 6.07) is 7.83. The number of ketones is 1. The number of nitrogens with zero attached hydrogens (tertiary/aromatic N) is 3. The summed E-state index contributed by atoms with van der Waals surface area (Å²) in [6.45, 7) is 1.93. The molecular formula is C25H23N3O2S2. The minimum absolute atomic E-state index is 0.211. The van der Waals surface area contributed by atoms with E-state index >= 15 is 0 Å². The van der Waals surface area contributed by atoms with Crippen molar-refractivity contribution < 1.29 is 9.53 Å². The topological polar surface area (TPSA) is 65.0 Å². The van der Waals surface area contributed by atoms with Crippen molar-refractivity contribution in [3.63, 3.8) is 0 Å². The molecule has 0 aliphatic heterocycles. The van der Waals surface area contributed by atoms with Crippen LogP contribution in [0.3, 0.4) is 0 Å². The third kappa shape index (κ3) is 4.23. The van der Waals surface area contributed by atoms with Gasteiger partial charge in [0.25, 0.3) is 0 Å². The summed E-state index contributed by atoms with van der Waals surface area (Å²) in [5.41, 5.74) is 5.47. The molecule has 4 aromatic rings. The van der Waals surface area contributed by atoms with Crippen molar-refractivity contribution >= 4 is 28.7 Å². The van der Waals surface area contributed by atoms with Crippen LogP contribution in [0.1, 0.15) is 51.3 Å². The van der Waals surface area contributed by atoms with Crippen LogP contribution in [0.5, 0.6) is 10.8 Å². The molecule has 0 saturated heterocycles. The van der Waals surface area contributed by atoms with Gasteiger partial charge in [0.05, 0.1) is 21.0 Å². The van der Waals surface area contributed by atoms with Crippen molar-refractivity contribution in [1.82, 2.24) is 14.3 Å². The van der Waals surface area contributed by atoms with Crippen LogP contribution in [-0.4, -0.2) is 20.1 Å². The molecule has 5 rings (SSSR count). The molecule has 0 amide bonds. The maximum atomic E-state index is 13.2. The van der Waals surface area contributed by atoms with Gasteiger partial charge in [-0.15, -0.1) is 0 Å². The number of Topliss-reactive ketones (excluding diaryl/α,β-unsaturated/α-hetero) is 1. The molecular weight excluding hydrogens is 438 g/mol. The van der Waals surface area contributed by atoms with Crippen LogP contribution >= 0.6 is 22.9 Å². The summed E-state index contributed by atoms with van der Waals surface area (Å²) < 4.78 is 10.7. The first-order valence-corrected chi connectivity index (χ1v) is 12.4. The van der Waals surface area contributed by atoms with Crippen LogP contribution in [0, 0.1) is 6.92 Å². The highest BCUT2D eigenvalue weighted by Gasteiger charge is 2.30. The van der Waals surface area contributed by atoms with Gasteiger partial charge in [0.2, 0.25) is 0 Å². The van der Waals surface area contributed by atoms with Gasteiger partial charge in [-0.1, -0.05) is 17.4 Å². The van der Waals surface area contributed by atoms with Crippen molar-refractivity contribution in [3.05, 3.63) is 76.3 Å². The monoisotopic (exact) mass is 461 g/mol. The number of aryl methyl sites for hydroxylation is 3. The van der Waals surface area contributed by atoms with Crippen molar-refractivity contribution in [1.29, 1.82) is 0 Å². The standard InChI is InChI=1S/C25H23N3O2S2/c1-16-21(9-5-13-27-16)30-25-22-19(11-10-18-15-28-32-23(18)22)24(31-25)20(29)8-3-2-6-17-7-4-12-26-14-17/h4-5,7,9,12-15H,2-3,6,8,10-11H2,1H3. The minimum Gasteiger partial charge on any atom is -0.444 e. The average Bonchev–Trinajstić information content (AvgIpc) is 3.43. The highest BCUT2D eigenvalue weighted by Crippen LogP contribution is 2.50. The Kier molecular flexibility index (Phi) is 6.10. The predicted molar refractivity (Wildman–Crippen MR) is 128 cm³/mol. The van der Waals surface area contributed by atoms with E-state index in [0.717, 1.165) is 69.5 Å². The Morgan fingerprint density at radius 1 is 1.12 bits per heavy atom. The fraction of sp³-hybridized carbons (Fsp3) is 0.280. The molecule has 0 atom stereocenters. The Morgan fingerprint density at radius 3 is 2.88 bits per heavy atom. The second kappa shape index (κ2) is 9.30. The van der Waals surface area contributed by atoms with Gasteiger partial charge in [0.1, 0.15) is 5.75 Å². The Hall–Kier alpha value is -2.90. The normalized spacial score (nSPS) is 12.3. The van der Waals surface area contributed by atoms with Crippen molar-refractivity contribution in [2.24, 2.45) is 0 Å². The van der Waals surface area contributed by atoms with Crippen LogP contribution in [0.25, 0.3) is 10.4 Å². The number of rotatable bonds is 8. The van der Waals surface area contributed by atoms with Gasteiger partial charge in [0, 0.05) is 31.2 Å². The van der Waals surface area contributed by atoms with E-state index in [0.29, 0.717) is 6.42 Å². The van der Waals surface area contributed by atoms with Crippen molar-refractivity contribution in [3.8, 4) is 21.3 Å². The summed E-state index contributed by atoms with van der Waals surface area (Å²) in [7, 11) is 0. The van der Waals surface area contributed by atoms with Crippen LogP contribution in [0.4, 0.5) is 0 Å². The highest BCUT2D eigenvalue weighted by molar-refractivity contribution is 7.17. The SMILES string of the molecule is Cc1ncccc1Oc1sc(C(=O)CCCCc2cccnc2)c2c1-c1sncc1CC2. The predicted octanol–water partition coefficient (Wildman–Crippen LogP) is 6.46. The van der Waals surface area contributed by atoms with Crippen molar-refractivity contribution in [2.75, 3.05) is 0 Å². The zero-order valence-electron chi connectivity index (χ0n) is 17.8. The Balaban J connectivity index is 1.38. The number of carbonyl (C=O) groups is 1. The number of aromatic nitrogens is 3.